The van der Waals surface area contributed by atoms with Crippen molar-refractivity contribution < 1.29 is 9.90 Å². The number of hydrogen-bond donors (Lipinski definition) is 2. The third kappa shape index (κ3) is 1.33. The second kappa shape index (κ2) is 2.98. The zero-order valence-corrected chi connectivity index (χ0v) is 8.52. The molecule has 6 heteroatoms. The van der Waals surface area contributed by atoms with Gasteiger partial charge in [-0.2, -0.15) is 0 Å². The van der Waals surface area contributed by atoms with Gasteiger partial charge < -0.3 is 10.8 Å². The Morgan fingerprint density at radius 1 is 1.57 bits per heavy atom. The summed E-state index contributed by atoms with van der Waals surface area (Å²) in [6.45, 7) is 0. The molecule has 0 unspecified atom stereocenters. The number of nitrogens with zero attached hydrogens (tertiary/aromatic N) is 2. The minimum Gasteiger partial charge on any atom is -0.476 e. The average Bonchev–Trinajstić information content (AvgIpc) is 2.47. The summed E-state index contributed by atoms with van der Waals surface area (Å²) in [5.74, 6) is -0.626. The van der Waals surface area contributed by atoms with Gasteiger partial charge in [0, 0.05) is 10.7 Å². The van der Waals surface area contributed by atoms with Crippen LogP contribution in [0.2, 0.25) is 0 Å². The number of nitrogens with two attached hydrogens (primary N) is 1. The van der Waals surface area contributed by atoms with Gasteiger partial charge in [-0.05, 0) is 12.1 Å². The van der Waals surface area contributed by atoms with Gasteiger partial charge in [-0.25, -0.2) is 9.78 Å². The van der Waals surface area contributed by atoms with Crippen molar-refractivity contribution in [2.75, 3.05) is 5.73 Å². The van der Waals surface area contributed by atoms with Crippen molar-refractivity contribution in [2.24, 2.45) is 0 Å². The maximum absolute atomic E-state index is 10.6. The Bertz CT molecular complexity index is 521. The monoisotopic (exact) mass is 255 g/mol. The zero-order valence-electron chi connectivity index (χ0n) is 6.94. The molecule has 0 bridgehead atoms. The van der Waals surface area contributed by atoms with Crippen LogP contribution in [-0.2, 0) is 0 Å². The number of aromatic carboxylic acids is 1. The molecule has 0 saturated heterocycles. The number of nitrogen functional groups attached to an aromatic ring is 1. The minimum absolute atomic E-state index is 0.0187. The summed E-state index contributed by atoms with van der Waals surface area (Å²) >= 11 is 3.25. The van der Waals surface area contributed by atoms with E-state index < -0.39 is 5.97 Å². The molecule has 72 valence electrons. The molecule has 0 spiro atoms. The smallest absolute Gasteiger partial charge is 0.356 e. The molecule has 0 aliphatic rings. The first-order chi connectivity index (χ1) is 6.58. The van der Waals surface area contributed by atoms with Crippen LogP contribution in [0, 0.1) is 0 Å². The van der Waals surface area contributed by atoms with Gasteiger partial charge in [0.05, 0.1) is 0 Å². The van der Waals surface area contributed by atoms with Gasteiger partial charge >= 0.3 is 5.97 Å². The number of carbonyl (C=O) groups is 1. The van der Waals surface area contributed by atoms with E-state index in [0.717, 1.165) is 4.47 Å². The SMILES string of the molecule is Nc1cc(Br)cc2nc(C(=O)O)cn12. The number of fused-ring (bicyclic) bond motifs is 1. The van der Waals surface area contributed by atoms with Gasteiger partial charge in [0.2, 0.25) is 0 Å². The highest BCUT2D eigenvalue weighted by atomic mass is 79.9. The first-order valence-electron chi connectivity index (χ1n) is 3.75. The van der Waals surface area contributed by atoms with Gasteiger partial charge in [0.25, 0.3) is 0 Å². The van der Waals surface area contributed by atoms with Crippen molar-refractivity contribution in [3.8, 4) is 0 Å². The van der Waals surface area contributed by atoms with Crippen molar-refractivity contribution in [1.29, 1.82) is 0 Å². The number of halogens is 1. The maximum atomic E-state index is 10.6. The van der Waals surface area contributed by atoms with Crippen LogP contribution in [-0.4, -0.2) is 20.5 Å². The Morgan fingerprint density at radius 3 is 2.93 bits per heavy atom. The highest BCUT2D eigenvalue weighted by molar-refractivity contribution is 9.10. The summed E-state index contributed by atoms with van der Waals surface area (Å²) in [6.07, 6.45) is 1.39. The van der Waals surface area contributed by atoms with Crippen LogP contribution in [0.5, 0.6) is 0 Å². The van der Waals surface area contributed by atoms with E-state index in [2.05, 4.69) is 20.9 Å². The predicted octanol–water partition coefficient (Wildman–Crippen LogP) is 1.38. The molecule has 2 aromatic heterocycles. The summed E-state index contributed by atoms with van der Waals surface area (Å²) in [7, 11) is 0. The van der Waals surface area contributed by atoms with Crippen LogP contribution < -0.4 is 5.73 Å². The van der Waals surface area contributed by atoms with Crippen molar-refractivity contribution in [3.63, 3.8) is 0 Å². The number of imidazole rings is 1. The quantitative estimate of drug-likeness (QED) is 0.807. The number of pyridine rings is 1. The number of hydrogen-bond acceptors (Lipinski definition) is 3. The van der Waals surface area contributed by atoms with E-state index in [1.165, 1.54) is 10.6 Å². The molecule has 2 aromatic rings. The van der Waals surface area contributed by atoms with Crippen LogP contribution in [0.25, 0.3) is 5.65 Å². The Hall–Kier alpha value is -1.56. The summed E-state index contributed by atoms with van der Waals surface area (Å²) in [6, 6.07) is 3.38. The number of carboxylic acid groups (broad SMARTS) is 1. The molecule has 0 aromatic carbocycles. The molecular formula is C8H6BrN3O2. The maximum Gasteiger partial charge on any atom is 0.356 e. The van der Waals surface area contributed by atoms with E-state index in [1.54, 1.807) is 12.1 Å². The second-order valence-corrected chi connectivity index (χ2v) is 3.67. The van der Waals surface area contributed by atoms with Crippen molar-refractivity contribution in [2.45, 2.75) is 0 Å². The third-order valence-corrected chi connectivity index (χ3v) is 2.24. The van der Waals surface area contributed by atoms with Gasteiger partial charge in [0.15, 0.2) is 5.69 Å². The van der Waals surface area contributed by atoms with E-state index in [9.17, 15) is 4.79 Å². The van der Waals surface area contributed by atoms with E-state index in [1.807, 2.05) is 0 Å². The number of anilines is 1. The highest BCUT2D eigenvalue weighted by Crippen LogP contribution is 2.18. The molecule has 14 heavy (non-hydrogen) atoms. The molecule has 5 nitrogen and oxygen atoms in total. The lowest BCUT2D eigenvalue weighted by molar-refractivity contribution is 0.0691. The molecule has 0 fully saturated rings. The van der Waals surface area contributed by atoms with Crippen LogP contribution in [0.15, 0.2) is 22.8 Å². The second-order valence-electron chi connectivity index (χ2n) is 2.76. The average molecular weight is 256 g/mol. The Morgan fingerprint density at radius 2 is 2.29 bits per heavy atom. The lowest BCUT2D eigenvalue weighted by Crippen LogP contribution is -1.96. The van der Waals surface area contributed by atoms with E-state index in [-0.39, 0.29) is 5.69 Å². The van der Waals surface area contributed by atoms with Crippen LogP contribution in [0.4, 0.5) is 5.82 Å². The van der Waals surface area contributed by atoms with Gasteiger partial charge in [-0.3, -0.25) is 4.40 Å². The van der Waals surface area contributed by atoms with Crippen LogP contribution >= 0.6 is 15.9 Å². The van der Waals surface area contributed by atoms with Gasteiger partial charge in [0.1, 0.15) is 11.5 Å². The van der Waals surface area contributed by atoms with E-state index in [4.69, 9.17) is 10.8 Å². The van der Waals surface area contributed by atoms with E-state index >= 15 is 0 Å². The van der Waals surface area contributed by atoms with Crippen LogP contribution in [0.3, 0.4) is 0 Å². The van der Waals surface area contributed by atoms with Crippen molar-refractivity contribution >= 4 is 33.4 Å². The topological polar surface area (TPSA) is 80.6 Å². The van der Waals surface area contributed by atoms with Crippen LogP contribution in [0.1, 0.15) is 10.5 Å². The standard InChI is InChI=1S/C8H6BrN3O2/c9-4-1-6(10)12-3-5(8(13)14)11-7(12)2-4/h1-3H,10H2,(H,13,14). The molecule has 2 rings (SSSR count). The van der Waals surface area contributed by atoms with E-state index in [0.29, 0.717) is 11.5 Å². The third-order valence-electron chi connectivity index (χ3n) is 1.78. The molecule has 0 aliphatic carbocycles. The fourth-order valence-corrected chi connectivity index (χ4v) is 1.62. The summed E-state index contributed by atoms with van der Waals surface area (Å²) < 4.78 is 2.29. The normalized spacial score (nSPS) is 10.6. The Labute approximate surface area is 87.3 Å². The summed E-state index contributed by atoms with van der Waals surface area (Å²) in [5.41, 5.74) is 6.16. The highest BCUT2D eigenvalue weighted by Gasteiger charge is 2.10. The Balaban J connectivity index is 2.76. The Kier molecular flexibility index (Phi) is 1.92. The predicted molar refractivity (Wildman–Crippen MR) is 54.3 cm³/mol. The first kappa shape index (κ1) is 9.01. The molecular weight excluding hydrogens is 250 g/mol. The molecule has 0 aliphatic heterocycles. The van der Waals surface area contributed by atoms with Gasteiger partial charge in [-0.15, -0.1) is 0 Å². The summed E-state index contributed by atoms with van der Waals surface area (Å²) in [5, 5.41) is 8.72. The number of carboxylic acids is 1. The molecule has 0 amide bonds. The van der Waals surface area contributed by atoms with Crippen molar-refractivity contribution in [3.05, 3.63) is 28.5 Å². The minimum atomic E-state index is -1.07. The lowest BCUT2D eigenvalue weighted by Gasteiger charge is -1.98. The largest absolute Gasteiger partial charge is 0.476 e. The fourth-order valence-electron chi connectivity index (χ4n) is 1.18. The molecule has 0 radical (unpaired) electrons. The lowest BCUT2D eigenvalue weighted by atomic mass is 10.4. The fraction of sp³-hybridized carbons (Fsp3) is 0. The molecule has 0 atom stereocenters. The number of rotatable bonds is 1. The molecule has 0 saturated carbocycles. The first-order valence-corrected chi connectivity index (χ1v) is 4.54. The number of aromatic nitrogens is 2. The molecule has 2 heterocycles. The summed E-state index contributed by atoms with van der Waals surface area (Å²) in [4.78, 5) is 14.5. The van der Waals surface area contributed by atoms with Crippen molar-refractivity contribution in [1.82, 2.24) is 9.38 Å². The zero-order chi connectivity index (χ0) is 10.3. The van der Waals surface area contributed by atoms with Gasteiger partial charge in [-0.1, -0.05) is 15.9 Å². The molecule has 3 N–H and O–H groups in total.